The molecule has 0 unspecified atom stereocenters. The first-order chi connectivity index (χ1) is 8.53. The Hall–Kier alpha value is -1.15. The molecule has 0 aromatic heterocycles. The van der Waals surface area contributed by atoms with Gasteiger partial charge in [-0.15, -0.1) is 11.6 Å². The molecule has 0 rings (SSSR count). The van der Waals surface area contributed by atoms with Gasteiger partial charge in [0.15, 0.2) is 9.84 Å². The fourth-order valence-corrected chi connectivity index (χ4v) is 1.30. The molecule has 0 aromatic rings. The van der Waals surface area contributed by atoms with Crippen LogP contribution >= 0.6 is 11.6 Å². The number of imide groups is 1. The molecule has 0 aliphatic carbocycles. The first kappa shape index (κ1) is 17.8. The second-order valence-electron chi connectivity index (χ2n) is 4.47. The molecular weight excluding hydrogens is 296 g/mol. The first-order valence-corrected chi connectivity index (χ1v) is 7.70. The molecule has 0 spiro atoms. The van der Waals surface area contributed by atoms with Gasteiger partial charge in [-0.2, -0.15) is 0 Å². The maximum Gasteiger partial charge on any atom is 0.442 e. The fraction of sp³-hybridized carbons (Fsp3) is 0.700. The maximum absolute atomic E-state index is 11.4. The van der Waals surface area contributed by atoms with E-state index in [1.807, 2.05) is 0 Å². The summed E-state index contributed by atoms with van der Waals surface area (Å²) in [6.07, 6.45) is 1.36. The topological polar surface area (TPSA) is 93.1 Å². The molecule has 0 aliphatic heterocycles. The molecule has 0 radical (unpaired) electrons. The number of nitrogens with zero attached hydrogens (tertiary/aromatic N) is 2. The third-order valence-corrected chi connectivity index (χ3v) is 4.96. The third kappa shape index (κ3) is 5.56. The number of halogens is 1. The van der Waals surface area contributed by atoms with Crippen LogP contribution in [0.1, 0.15) is 20.3 Å². The van der Waals surface area contributed by atoms with Crippen LogP contribution in [0.2, 0.25) is 0 Å². The van der Waals surface area contributed by atoms with E-state index in [1.54, 1.807) is 0 Å². The summed E-state index contributed by atoms with van der Waals surface area (Å²) in [4.78, 5) is 27.4. The van der Waals surface area contributed by atoms with Crippen LogP contribution in [0.15, 0.2) is 5.16 Å². The number of carbonyl (C=O) groups excluding carboxylic acids is 2. The molecule has 9 heteroatoms. The van der Waals surface area contributed by atoms with Gasteiger partial charge in [-0.3, -0.25) is 9.63 Å². The number of oxime groups is 1. The van der Waals surface area contributed by atoms with Crippen molar-refractivity contribution in [2.24, 2.45) is 5.16 Å². The zero-order chi connectivity index (χ0) is 15.3. The lowest BCUT2D eigenvalue weighted by Gasteiger charge is -2.19. The number of carbonyl (C=O) groups is 2. The molecule has 0 saturated carbocycles. The molecule has 0 saturated heterocycles. The highest BCUT2D eigenvalue weighted by molar-refractivity contribution is 7.92. The molecule has 7 nitrogen and oxygen atoms in total. The van der Waals surface area contributed by atoms with Gasteiger partial charge in [0.2, 0.25) is 5.91 Å². The second-order valence-corrected chi connectivity index (χ2v) is 7.38. The van der Waals surface area contributed by atoms with Crippen LogP contribution in [0.25, 0.3) is 0 Å². The van der Waals surface area contributed by atoms with Crippen molar-refractivity contribution in [2.45, 2.75) is 25.0 Å². The minimum absolute atomic E-state index is 0.0757. The Morgan fingerprint density at radius 3 is 2.37 bits per heavy atom. The van der Waals surface area contributed by atoms with Crippen molar-refractivity contribution < 1.29 is 22.8 Å². The van der Waals surface area contributed by atoms with Gasteiger partial charge in [-0.05, 0) is 13.8 Å². The largest absolute Gasteiger partial charge is 0.442 e. The molecule has 0 N–H and O–H groups in total. The van der Waals surface area contributed by atoms with E-state index in [2.05, 4.69) is 9.99 Å². The van der Waals surface area contributed by atoms with Crippen LogP contribution in [0.5, 0.6) is 0 Å². The van der Waals surface area contributed by atoms with Gasteiger partial charge in [0.05, 0.1) is 4.75 Å². The average molecular weight is 313 g/mol. The van der Waals surface area contributed by atoms with Crippen LogP contribution in [0.4, 0.5) is 4.79 Å². The van der Waals surface area contributed by atoms with E-state index in [9.17, 15) is 18.0 Å². The lowest BCUT2D eigenvalue weighted by Crippen LogP contribution is -2.34. The highest BCUT2D eigenvalue weighted by atomic mass is 35.5. The summed E-state index contributed by atoms with van der Waals surface area (Å²) in [6.45, 7) is 3.05. The molecule has 0 aromatic carbocycles. The van der Waals surface area contributed by atoms with E-state index in [4.69, 9.17) is 11.6 Å². The quantitative estimate of drug-likeness (QED) is 0.327. The first-order valence-electron chi connectivity index (χ1n) is 5.28. The summed E-state index contributed by atoms with van der Waals surface area (Å²) in [5.41, 5.74) is 0. The van der Waals surface area contributed by atoms with Crippen LogP contribution in [0, 0.1) is 0 Å². The van der Waals surface area contributed by atoms with Crippen LogP contribution in [-0.4, -0.2) is 55.5 Å². The summed E-state index contributed by atoms with van der Waals surface area (Å²) < 4.78 is 21.7. The monoisotopic (exact) mass is 312 g/mol. The Kier molecular flexibility index (Phi) is 6.44. The van der Waals surface area contributed by atoms with Crippen molar-refractivity contribution in [2.75, 3.05) is 19.2 Å². The van der Waals surface area contributed by atoms with Gasteiger partial charge in [0.1, 0.15) is 5.88 Å². The number of sulfone groups is 1. The predicted octanol–water partition coefficient (Wildman–Crippen LogP) is 1.02. The summed E-state index contributed by atoms with van der Waals surface area (Å²) >= 11 is 5.26. The Labute approximate surface area is 117 Å². The Morgan fingerprint density at radius 1 is 1.42 bits per heavy atom. The standard InChI is InChI=1S/C10H17ClN2O5S/c1-10(2,19(4,16)17)5-6-12-18-9(15)13(3)8(14)7-11/h6H,5,7H2,1-4H3. The summed E-state index contributed by atoms with van der Waals surface area (Å²) in [6, 6.07) is 0. The van der Waals surface area contributed by atoms with Crippen molar-refractivity contribution in [3.05, 3.63) is 0 Å². The summed E-state index contributed by atoms with van der Waals surface area (Å²) in [7, 11) is -2.05. The molecule has 0 atom stereocenters. The molecule has 0 heterocycles. The average Bonchev–Trinajstić information content (AvgIpc) is 2.30. The molecule has 0 bridgehead atoms. The normalized spacial score (nSPS) is 12.5. The molecule has 0 aliphatic rings. The SMILES string of the molecule is CN(C(=O)CCl)C(=O)ON=CCC(C)(C)S(C)(=O)=O. The van der Waals surface area contributed by atoms with Crippen LogP contribution < -0.4 is 0 Å². The number of alkyl halides is 1. The summed E-state index contributed by atoms with van der Waals surface area (Å²) in [5.74, 6) is -0.977. The number of hydrogen-bond acceptors (Lipinski definition) is 6. The van der Waals surface area contributed by atoms with Gasteiger partial charge in [0, 0.05) is 25.9 Å². The number of rotatable bonds is 5. The zero-order valence-corrected chi connectivity index (χ0v) is 12.8. The van der Waals surface area contributed by atoms with Crippen molar-refractivity contribution in [3.63, 3.8) is 0 Å². The number of amides is 2. The molecule has 110 valence electrons. The van der Waals surface area contributed by atoms with Crippen molar-refractivity contribution in [3.8, 4) is 0 Å². The van der Waals surface area contributed by atoms with Gasteiger partial charge in [-0.25, -0.2) is 18.1 Å². The molecular formula is C10H17ClN2O5S. The molecule has 2 amide bonds. The van der Waals surface area contributed by atoms with Crippen LogP contribution in [-0.2, 0) is 19.5 Å². The molecule has 0 fully saturated rings. The Morgan fingerprint density at radius 2 is 1.95 bits per heavy atom. The van der Waals surface area contributed by atoms with Crippen molar-refractivity contribution >= 4 is 39.7 Å². The second kappa shape index (κ2) is 6.85. The fourth-order valence-electron chi connectivity index (χ4n) is 0.744. The highest BCUT2D eigenvalue weighted by Gasteiger charge is 2.29. The van der Waals surface area contributed by atoms with E-state index in [1.165, 1.54) is 20.9 Å². The smallest absolute Gasteiger partial charge is 0.298 e. The van der Waals surface area contributed by atoms with E-state index >= 15 is 0 Å². The Bertz CT molecular complexity index is 472. The lowest BCUT2D eigenvalue weighted by molar-refractivity contribution is -0.125. The van der Waals surface area contributed by atoms with E-state index in [0.29, 0.717) is 4.90 Å². The van der Waals surface area contributed by atoms with Gasteiger partial charge in [0.25, 0.3) is 0 Å². The van der Waals surface area contributed by atoms with E-state index < -0.39 is 26.6 Å². The zero-order valence-electron chi connectivity index (χ0n) is 11.2. The maximum atomic E-state index is 11.4. The van der Waals surface area contributed by atoms with Gasteiger partial charge in [-0.1, -0.05) is 5.16 Å². The predicted molar refractivity (Wildman–Crippen MR) is 72.0 cm³/mol. The van der Waals surface area contributed by atoms with Crippen molar-refractivity contribution in [1.29, 1.82) is 0 Å². The van der Waals surface area contributed by atoms with Crippen molar-refractivity contribution in [1.82, 2.24) is 4.90 Å². The van der Waals surface area contributed by atoms with E-state index in [-0.39, 0.29) is 12.3 Å². The highest BCUT2D eigenvalue weighted by Crippen LogP contribution is 2.18. The van der Waals surface area contributed by atoms with E-state index in [0.717, 1.165) is 12.5 Å². The number of hydrogen-bond donors (Lipinski definition) is 0. The lowest BCUT2D eigenvalue weighted by atomic mass is 10.1. The van der Waals surface area contributed by atoms with Crippen LogP contribution in [0.3, 0.4) is 0 Å². The molecule has 19 heavy (non-hydrogen) atoms. The Balaban J connectivity index is 4.41. The summed E-state index contributed by atoms with van der Waals surface area (Å²) in [5, 5.41) is 3.33. The van der Waals surface area contributed by atoms with Gasteiger partial charge < -0.3 is 0 Å². The third-order valence-electron chi connectivity index (χ3n) is 2.55. The van der Waals surface area contributed by atoms with Gasteiger partial charge >= 0.3 is 6.09 Å². The minimum Gasteiger partial charge on any atom is -0.298 e. The minimum atomic E-state index is -3.25.